The van der Waals surface area contributed by atoms with E-state index in [2.05, 4.69) is 0 Å². The first-order valence-corrected chi connectivity index (χ1v) is 5.89. The smallest absolute Gasteiger partial charge is 0.338 e. The molecule has 0 amide bonds. The van der Waals surface area contributed by atoms with E-state index in [0.717, 1.165) is 0 Å². The number of methoxy groups -OCH3 is 1. The summed E-state index contributed by atoms with van der Waals surface area (Å²) in [4.78, 5) is 10.8. The third kappa shape index (κ3) is 3.06. The maximum absolute atomic E-state index is 13.9. The molecule has 104 valence electrons. The molecule has 0 aromatic heterocycles. The van der Waals surface area contributed by atoms with E-state index >= 15 is 0 Å². The molecule has 0 radical (unpaired) electrons. The van der Waals surface area contributed by atoms with E-state index in [-0.39, 0.29) is 17.7 Å². The van der Waals surface area contributed by atoms with Gasteiger partial charge in [-0.25, -0.2) is 9.18 Å². The standard InChI is InChI=1S/C15H13FO4/c1-19-11-5-7-12(8-6-11)20-9-10-3-2-4-13(14(10)16)15(17)18/h2-8H,9H2,1H3,(H,17,18). The maximum atomic E-state index is 13.9. The third-order valence-electron chi connectivity index (χ3n) is 2.76. The van der Waals surface area contributed by atoms with Crippen molar-refractivity contribution in [1.82, 2.24) is 0 Å². The molecule has 5 heteroatoms. The molecular formula is C15H13FO4. The molecule has 4 nitrogen and oxygen atoms in total. The van der Waals surface area contributed by atoms with Crippen LogP contribution in [0.1, 0.15) is 15.9 Å². The minimum Gasteiger partial charge on any atom is -0.497 e. The van der Waals surface area contributed by atoms with Crippen LogP contribution in [0.15, 0.2) is 42.5 Å². The summed E-state index contributed by atoms with van der Waals surface area (Å²) >= 11 is 0. The Bertz CT molecular complexity index is 608. The molecule has 0 aliphatic rings. The molecule has 2 aromatic carbocycles. The lowest BCUT2D eigenvalue weighted by Crippen LogP contribution is -2.05. The number of carboxylic acids is 1. The molecule has 0 fully saturated rings. The Kier molecular flexibility index (Phi) is 4.20. The Hall–Kier alpha value is -2.56. The van der Waals surface area contributed by atoms with Crippen LogP contribution in [0.5, 0.6) is 11.5 Å². The Labute approximate surface area is 115 Å². The summed E-state index contributed by atoms with van der Waals surface area (Å²) in [6.45, 7) is -0.0424. The first-order chi connectivity index (χ1) is 9.61. The van der Waals surface area contributed by atoms with E-state index in [4.69, 9.17) is 14.6 Å². The summed E-state index contributed by atoms with van der Waals surface area (Å²) in [6.07, 6.45) is 0. The minimum absolute atomic E-state index is 0.0424. The van der Waals surface area contributed by atoms with Crippen molar-refractivity contribution in [1.29, 1.82) is 0 Å². The fourth-order valence-corrected chi connectivity index (χ4v) is 1.69. The number of rotatable bonds is 5. The molecule has 2 aromatic rings. The van der Waals surface area contributed by atoms with Gasteiger partial charge in [0.15, 0.2) is 0 Å². The third-order valence-corrected chi connectivity index (χ3v) is 2.76. The van der Waals surface area contributed by atoms with Gasteiger partial charge in [0.1, 0.15) is 23.9 Å². The van der Waals surface area contributed by atoms with E-state index < -0.39 is 11.8 Å². The van der Waals surface area contributed by atoms with Crippen LogP contribution >= 0.6 is 0 Å². The zero-order valence-electron chi connectivity index (χ0n) is 10.8. The van der Waals surface area contributed by atoms with E-state index in [1.54, 1.807) is 31.4 Å². The van der Waals surface area contributed by atoms with Gasteiger partial charge in [-0.15, -0.1) is 0 Å². The lowest BCUT2D eigenvalue weighted by atomic mass is 10.1. The second kappa shape index (κ2) is 6.06. The lowest BCUT2D eigenvalue weighted by Gasteiger charge is -2.09. The fraction of sp³-hybridized carbons (Fsp3) is 0.133. The van der Waals surface area contributed by atoms with Gasteiger partial charge in [-0.2, -0.15) is 0 Å². The Morgan fingerprint density at radius 1 is 1.15 bits per heavy atom. The van der Waals surface area contributed by atoms with Crippen LogP contribution < -0.4 is 9.47 Å². The number of aromatic carboxylic acids is 1. The van der Waals surface area contributed by atoms with Crippen molar-refractivity contribution in [3.05, 3.63) is 59.4 Å². The maximum Gasteiger partial charge on any atom is 0.338 e. The van der Waals surface area contributed by atoms with E-state index in [9.17, 15) is 9.18 Å². The van der Waals surface area contributed by atoms with Crippen LogP contribution in [0.4, 0.5) is 4.39 Å². The molecular weight excluding hydrogens is 263 g/mol. The summed E-state index contributed by atoms with van der Waals surface area (Å²) < 4.78 is 24.3. The zero-order chi connectivity index (χ0) is 14.5. The highest BCUT2D eigenvalue weighted by Crippen LogP contribution is 2.20. The number of carbonyl (C=O) groups is 1. The molecule has 20 heavy (non-hydrogen) atoms. The quantitative estimate of drug-likeness (QED) is 0.911. The SMILES string of the molecule is COc1ccc(OCc2cccc(C(=O)O)c2F)cc1. The van der Waals surface area contributed by atoms with Gasteiger partial charge in [-0.1, -0.05) is 12.1 Å². The number of hydrogen-bond donors (Lipinski definition) is 1. The summed E-state index contributed by atoms with van der Waals surface area (Å²) in [5.74, 6) is -0.829. The van der Waals surface area contributed by atoms with Gasteiger partial charge in [0.25, 0.3) is 0 Å². The van der Waals surface area contributed by atoms with Crippen molar-refractivity contribution >= 4 is 5.97 Å². The monoisotopic (exact) mass is 276 g/mol. The Morgan fingerprint density at radius 2 is 1.80 bits per heavy atom. The summed E-state index contributed by atoms with van der Waals surface area (Å²) in [5.41, 5.74) is -0.165. The first kappa shape index (κ1) is 13.9. The Morgan fingerprint density at radius 3 is 2.40 bits per heavy atom. The van der Waals surface area contributed by atoms with Gasteiger partial charge in [0.2, 0.25) is 0 Å². The number of ether oxygens (including phenoxy) is 2. The van der Waals surface area contributed by atoms with Crippen molar-refractivity contribution in [3.8, 4) is 11.5 Å². The highest BCUT2D eigenvalue weighted by atomic mass is 19.1. The van der Waals surface area contributed by atoms with Crippen LogP contribution in [0, 0.1) is 5.82 Å². The van der Waals surface area contributed by atoms with Crippen molar-refractivity contribution in [3.63, 3.8) is 0 Å². The normalized spacial score (nSPS) is 10.1. The molecule has 0 saturated heterocycles. The Balaban J connectivity index is 2.10. The summed E-state index contributed by atoms with van der Waals surface area (Å²) in [7, 11) is 1.56. The van der Waals surface area contributed by atoms with E-state index in [1.807, 2.05) is 0 Å². The number of carboxylic acid groups (broad SMARTS) is 1. The summed E-state index contributed by atoms with van der Waals surface area (Å²) in [6, 6.07) is 11.0. The number of benzene rings is 2. The van der Waals surface area contributed by atoms with Gasteiger partial charge < -0.3 is 14.6 Å². The van der Waals surface area contributed by atoms with Crippen LogP contribution in [-0.2, 0) is 6.61 Å². The van der Waals surface area contributed by atoms with E-state index in [1.165, 1.54) is 18.2 Å². The van der Waals surface area contributed by atoms with E-state index in [0.29, 0.717) is 11.5 Å². The first-order valence-electron chi connectivity index (χ1n) is 5.89. The fourth-order valence-electron chi connectivity index (χ4n) is 1.69. The van der Waals surface area contributed by atoms with Gasteiger partial charge in [0, 0.05) is 5.56 Å². The topological polar surface area (TPSA) is 55.8 Å². The largest absolute Gasteiger partial charge is 0.497 e. The summed E-state index contributed by atoms with van der Waals surface area (Å²) in [5, 5.41) is 8.84. The molecule has 0 saturated carbocycles. The molecule has 1 N–H and O–H groups in total. The average molecular weight is 276 g/mol. The molecule has 0 aliphatic carbocycles. The van der Waals surface area contributed by atoms with Crippen molar-refractivity contribution in [2.24, 2.45) is 0 Å². The molecule has 0 heterocycles. The number of hydrogen-bond acceptors (Lipinski definition) is 3. The highest BCUT2D eigenvalue weighted by molar-refractivity contribution is 5.88. The average Bonchev–Trinajstić information content (AvgIpc) is 2.46. The predicted molar refractivity (Wildman–Crippen MR) is 70.7 cm³/mol. The van der Waals surface area contributed by atoms with Gasteiger partial charge in [0.05, 0.1) is 12.7 Å². The van der Waals surface area contributed by atoms with Crippen LogP contribution in [0.25, 0.3) is 0 Å². The molecule has 0 spiro atoms. The van der Waals surface area contributed by atoms with Gasteiger partial charge >= 0.3 is 5.97 Å². The van der Waals surface area contributed by atoms with Crippen LogP contribution in [-0.4, -0.2) is 18.2 Å². The second-order valence-corrected chi connectivity index (χ2v) is 4.05. The predicted octanol–water partition coefficient (Wildman–Crippen LogP) is 3.11. The van der Waals surface area contributed by atoms with Gasteiger partial charge in [-0.3, -0.25) is 0 Å². The highest BCUT2D eigenvalue weighted by Gasteiger charge is 2.13. The molecule has 0 aliphatic heterocycles. The molecule has 0 unspecified atom stereocenters. The molecule has 2 rings (SSSR count). The molecule has 0 bridgehead atoms. The minimum atomic E-state index is -1.30. The number of halogens is 1. The van der Waals surface area contributed by atoms with Crippen LogP contribution in [0.2, 0.25) is 0 Å². The molecule has 0 atom stereocenters. The van der Waals surface area contributed by atoms with Crippen molar-refractivity contribution in [2.75, 3.05) is 7.11 Å². The second-order valence-electron chi connectivity index (χ2n) is 4.05. The van der Waals surface area contributed by atoms with Gasteiger partial charge in [-0.05, 0) is 30.3 Å². The van der Waals surface area contributed by atoms with Crippen LogP contribution in [0.3, 0.4) is 0 Å². The van der Waals surface area contributed by atoms with Crippen molar-refractivity contribution in [2.45, 2.75) is 6.61 Å². The zero-order valence-corrected chi connectivity index (χ0v) is 10.8. The van der Waals surface area contributed by atoms with Crippen molar-refractivity contribution < 1.29 is 23.8 Å². The lowest BCUT2D eigenvalue weighted by molar-refractivity contribution is 0.0691.